The van der Waals surface area contributed by atoms with Crippen molar-refractivity contribution < 1.29 is 22.7 Å². The van der Waals surface area contributed by atoms with E-state index in [1.807, 2.05) is 6.92 Å². The average molecular weight is 455 g/mol. The van der Waals surface area contributed by atoms with Crippen molar-refractivity contribution in [1.29, 1.82) is 0 Å². The van der Waals surface area contributed by atoms with E-state index < -0.39 is 16.1 Å². The number of carbonyl (C=O) groups excluding carboxylic acids is 1. The quantitative estimate of drug-likeness (QED) is 0.747. The molecule has 9 heteroatoms. The molecule has 0 saturated carbocycles. The summed E-state index contributed by atoms with van der Waals surface area (Å²) in [7, 11) is -0.816. The fourth-order valence-corrected chi connectivity index (χ4v) is 4.61. The van der Waals surface area contributed by atoms with Crippen LogP contribution in [0.3, 0.4) is 0 Å². The van der Waals surface area contributed by atoms with Crippen LogP contribution in [0, 0.1) is 0 Å². The molecule has 0 aliphatic carbocycles. The lowest BCUT2D eigenvalue weighted by Crippen LogP contribution is -2.43. The van der Waals surface area contributed by atoms with Crippen molar-refractivity contribution in [3.63, 3.8) is 0 Å². The number of rotatable bonds is 5. The molecule has 1 aliphatic heterocycles. The number of ether oxygens (including phenoxy) is 2. The third kappa shape index (κ3) is 3.74. The number of carbonyl (C=O) groups is 1. The highest BCUT2D eigenvalue weighted by Gasteiger charge is 2.35. The van der Waals surface area contributed by atoms with Crippen molar-refractivity contribution in [1.82, 2.24) is 0 Å². The van der Waals surface area contributed by atoms with E-state index in [4.69, 9.17) is 9.47 Å². The van der Waals surface area contributed by atoms with Crippen LogP contribution < -0.4 is 19.1 Å². The average Bonchev–Trinajstić information content (AvgIpc) is 2.64. The summed E-state index contributed by atoms with van der Waals surface area (Å²) in [5.74, 6) is 0.565. The standard InChI is InChI=1S/C18H19BrN2O5S/c1-4-15-18(22)21(2)14-9-11(19)10-16(17(14)26-15)27(23,24)20-12-5-7-13(25-3)8-6-12/h5-10,15,20H,4H2,1-3H3. The fraction of sp³-hybridized carbons (Fsp3) is 0.278. The molecule has 1 N–H and O–H groups in total. The molecule has 2 aromatic carbocycles. The molecule has 1 aliphatic rings. The largest absolute Gasteiger partial charge is 0.497 e. The summed E-state index contributed by atoms with van der Waals surface area (Å²) in [5.41, 5.74) is 0.783. The van der Waals surface area contributed by atoms with E-state index in [0.29, 0.717) is 28.0 Å². The lowest BCUT2D eigenvalue weighted by Gasteiger charge is -2.32. The number of nitrogens with one attached hydrogen (secondary N) is 1. The molecular weight excluding hydrogens is 436 g/mol. The van der Waals surface area contributed by atoms with E-state index in [1.54, 1.807) is 37.4 Å². The molecule has 0 aromatic heterocycles. The van der Waals surface area contributed by atoms with Gasteiger partial charge in [0.25, 0.3) is 15.9 Å². The molecular formula is C18H19BrN2O5S. The fourth-order valence-electron chi connectivity index (χ4n) is 2.78. The molecule has 0 radical (unpaired) electrons. The van der Waals surface area contributed by atoms with Gasteiger partial charge in [-0.2, -0.15) is 0 Å². The first-order chi connectivity index (χ1) is 12.8. The zero-order valence-corrected chi connectivity index (χ0v) is 17.4. The van der Waals surface area contributed by atoms with Crippen LogP contribution in [0.4, 0.5) is 11.4 Å². The third-order valence-electron chi connectivity index (χ3n) is 4.23. The van der Waals surface area contributed by atoms with Gasteiger partial charge < -0.3 is 14.4 Å². The summed E-state index contributed by atoms with van der Waals surface area (Å²) < 4.78 is 39.9. The van der Waals surface area contributed by atoms with Gasteiger partial charge in [-0.15, -0.1) is 0 Å². The Morgan fingerprint density at radius 2 is 1.93 bits per heavy atom. The number of anilines is 2. The number of hydrogen-bond acceptors (Lipinski definition) is 5. The number of benzene rings is 2. The number of likely N-dealkylation sites (N-methyl/N-ethyl adjacent to an activating group) is 1. The van der Waals surface area contributed by atoms with Crippen LogP contribution in [0.25, 0.3) is 0 Å². The molecule has 7 nitrogen and oxygen atoms in total. The van der Waals surface area contributed by atoms with Gasteiger partial charge in [0.05, 0.1) is 12.8 Å². The van der Waals surface area contributed by atoms with Crippen molar-refractivity contribution in [2.24, 2.45) is 0 Å². The van der Waals surface area contributed by atoms with Crippen LogP contribution in [0.1, 0.15) is 13.3 Å². The number of nitrogens with zero attached hydrogens (tertiary/aromatic N) is 1. The second kappa shape index (κ2) is 7.40. The summed E-state index contributed by atoms with van der Waals surface area (Å²) in [5, 5.41) is 0. The maximum Gasteiger partial charge on any atom is 0.267 e. The highest BCUT2D eigenvalue weighted by atomic mass is 79.9. The maximum absolute atomic E-state index is 13.0. The molecule has 0 fully saturated rings. The van der Waals surface area contributed by atoms with Gasteiger partial charge in [-0.3, -0.25) is 9.52 Å². The van der Waals surface area contributed by atoms with Gasteiger partial charge in [-0.1, -0.05) is 22.9 Å². The molecule has 0 bridgehead atoms. The van der Waals surface area contributed by atoms with Crippen LogP contribution in [0.15, 0.2) is 45.8 Å². The second-order valence-electron chi connectivity index (χ2n) is 6.00. The zero-order chi connectivity index (χ0) is 19.8. The van der Waals surface area contributed by atoms with Crippen molar-refractivity contribution in [2.75, 3.05) is 23.8 Å². The minimum atomic E-state index is -3.95. The zero-order valence-electron chi connectivity index (χ0n) is 15.0. The summed E-state index contributed by atoms with van der Waals surface area (Å²) in [6.07, 6.45) is -0.289. The smallest absolute Gasteiger partial charge is 0.267 e. The molecule has 144 valence electrons. The first-order valence-corrected chi connectivity index (χ1v) is 10.5. The monoisotopic (exact) mass is 454 g/mol. The Morgan fingerprint density at radius 3 is 2.52 bits per heavy atom. The summed E-state index contributed by atoms with van der Waals surface area (Å²) >= 11 is 3.32. The number of halogens is 1. The minimum Gasteiger partial charge on any atom is -0.497 e. The van der Waals surface area contributed by atoms with Gasteiger partial charge in [0.1, 0.15) is 10.6 Å². The van der Waals surface area contributed by atoms with Crippen molar-refractivity contribution in [3.05, 3.63) is 40.9 Å². The first kappa shape index (κ1) is 19.5. The highest BCUT2D eigenvalue weighted by molar-refractivity contribution is 9.10. The Balaban J connectivity index is 2.05. The van der Waals surface area contributed by atoms with Gasteiger partial charge in [-0.05, 0) is 42.8 Å². The van der Waals surface area contributed by atoms with E-state index in [0.717, 1.165) is 0 Å². The van der Waals surface area contributed by atoms with Crippen molar-refractivity contribution in [2.45, 2.75) is 24.3 Å². The lowest BCUT2D eigenvalue weighted by atomic mass is 10.1. The van der Waals surface area contributed by atoms with Crippen LogP contribution in [-0.2, 0) is 14.8 Å². The second-order valence-corrected chi connectivity index (χ2v) is 8.56. The van der Waals surface area contributed by atoms with Crippen LogP contribution >= 0.6 is 15.9 Å². The van der Waals surface area contributed by atoms with E-state index >= 15 is 0 Å². The van der Waals surface area contributed by atoms with Crippen LogP contribution in [0.2, 0.25) is 0 Å². The van der Waals surface area contributed by atoms with E-state index in [2.05, 4.69) is 20.7 Å². The Morgan fingerprint density at radius 1 is 1.26 bits per heavy atom. The minimum absolute atomic E-state index is 0.0412. The normalized spacial score (nSPS) is 16.5. The number of fused-ring (bicyclic) bond motifs is 1. The predicted octanol–water partition coefficient (Wildman–Crippen LogP) is 3.39. The summed E-state index contributed by atoms with van der Waals surface area (Å²) in [6.45, 7) is 1.81. The van der Waals surface area contributed by atoms with Crippen LogP contribution in [0.5, 0.6) is 11.5 Å². The third-order valence-corrected chi connectivity index (χ3v) is 6.07. The SMILES string of the molecule is CCC1Oc2c(cc(Br)cc2S(=O)(=O)Nc2ccc(OC)cc2)N(C)C1=O. The summed E-state index contributed by atoms with van der Waals surface area (Å²) in [6, 6.07) is 9.64. The van der Waals surface area contributed by atoms with Gasteiger partial charge in [0, 0.05) is 17.2 Å². The molecule has 1 unspecified atom stereocenters. The highest BCUT2D eigenvalue weighted by Crippen LogP contribution is 2.42. The lowest BCUT2D eigenvalue weighted by molar-refractivity contribution is -0.126. The molecule has 27 heavy (non-hydrogen) atoms. The Labute approximate surface area is 166 Å². The van der Waals surface area contributed by atoms with Gasteiger partial charge in [0.2, 0.25) is 0 Å². The number of amides is 1. The van der Waals surface area contributed by atoms with E-state index in [1.165, 1.54) is 18.1 Å². The Hall–Kier alpha value is -2.26. The number of sulfonamides is 1. The van der Waals surface area contributed by atoms with Gasteiger partial charge in [-0.25, -0.2) is 8.42 Å². The van der Waals surface area contributed by atoms with Crippen molar-refractivity contribution in [3.8, 4) is 11.5 Å². The van der Waals surface area contributed by atoms with E-state index in [9.17, 15) is 13.2 Å². The summed E-state index contributed by atoms with van der Waals surface area (Å²) in [4.78, 5) is 13.7. The molecule has 1 amide bonds. The Bertz CT molecular complexity index is 976. The molecule has 1 atom stereocenters. The molecule has 3 rings (SSSR count). The number of hydrogen-bond donors (Lipinski definition) is 1. The topological polar surface area (TPSA) is 84.9 Å². The maximum atomic E-state index is 13.0. The first-order valence-electron chi connectivity index (χ1n) is 8.21. The molecule has 1 heterocycles. The predicted molar refractivity (Wildman–Crippen MR) is 106 cm³/mol. The Kier molecular flexibility index (Phi) is 5.34. The van der Waals surface area contributed by atoms with Gasteiger partial charge in [0.15, 0.2) is 11.9 Å². The van der Waals surface area contributed by atoms with Crippen LogP contribution in [-0.4, -0.2) is 34.6 Å². The molecule has 2 aromatic rings. The molecule has 0 spiro atoms. The number of methoxy groups -OCH3 is 1. The van der Waals surface area contributed by atoms with Gasteiger partial charge >= 0.3 is 0 Å². The van der Waals surface area contributed by atoms with Crippen molar-refractivity contribution >= 4 is 43.2 Å². The van der Waals surface area contributed by atoms with E-state index in [-0.39, 0.29) is 16.6 Å². The molecule has 0 saturated heterocycles.